The van der Waals surface area contributed by atoms with E-state index in [-0.39, 0.29) is 11.6 Å². The number of aryl methyl sites for hydroxylation is 1. The largest absolute Gasteiger partial charge is 0.478 e. The van der Waals surface area contributed by atoms with E-state index in [1.165, 1.54) is 0 Å². The highest BCUT2D eigenvalue weighted by Crippen LogP contribution is 2.55. The molecular weight excluding hydrogens is 469 g/mol. The quantitative estimate of drug-likeness (QED) is 0.410. The molecule has 16 heteroatoms. The molecule has 0 aliphatic carbocycles. The van der Waals surface area contributed by atoms with E-state index >= 15 is 0 Å². The molecule has 1 aromatic rings. The molecular formula is C15H7F11O5. The van der Waals surface area contributed by atoms with Gasteiger partial charge in [0, 0.05) is 0 Å². The molecule has 0 atom stereocenters. The number of carboxylic acids is 2. The molecule has 0 unspecified atom stereocenters. The lowest BCUT2D eigenvalue weighted by Crippen LogP contribution is -2.61. The summed E-state index contributed by atoms with van der Waals surface area (Å²) in [6.07, 6.45) is -7.30. The van der Waals surface area contributed by atoms with Crippen LogP contribution < -0.4 is 4.74 Å². The van der Waals surface area contributed by atoms with Crippen molar-refractivity contribution < 1.29 is 72.8 Å². The van der Waals surface area contributed by atoms with Crippen LogP contribution in [0.4, 0.5) is 48.3 Å². The maximum Gasteiger partial charge on any atom is 0.460 e. The van der Waals surface area contributed by atoms with Crippen LogP contribution in [0.2, 0.25) is 0 Å². The molecule has 2 N–H and O–H groups in total. The number of benzene rings is 1. The Labute approximate surface area is 163 Å². The molecule has 1 rings (SSSR count). The minimum absolute atomic E-state index is 0.134. The van der Waals surface area contributed by atoms with Gasteiger partial charge in [-0.25, -0.2) is 9.59 Å². The van der Waals surface area contributed by atoms with E-state index in [0.29, 0.717) is 6.07 Å². The standard InChI is InChI=1S/C15H7F11O5/c1-4-2-6(11(29)30)7(3-5(4)10(27)28)31-9(17)8(16)12(18,19)13(20,21)14(22,23)15(24,25)26/h2-3H,1H3,(H,27,28)(H,29,30). The van der Waals surface area contributed by atoms with Crippen molar-refractivity contribution in [3.63, 3.8) is 0 Å². The molecule has 0 bridgehead atoms. The summed E-state index contributed by atoms with van der Waals surface area (Å²) in [4.78, 5) is 22.0. The second-order valence-corrected chi connectivity index (χ2v) is 5.68. The average Bonchev–Trinajstić information content (AvgIpc) is 2.60. The monoisotopic (exact) mass is 476 g/mol. The summed E-state index contributed by atoms with van der Waals surface area (Å²) < 4.78 is 146. The SMILES string of the molecule is Cc1cc(C(=O)O)c(OC(F)=C(F)C(F)(F)C(F)(F)C(F)(F)C(F)(F)F)cc1C(=O)O. The topological polar surface area (TPSA) is 83.8 Å². The first kappa shape index (κ1) is 26.0. The van der Waals surface area contributed by atoms with Crippen molar-refractivity contribution >= 4 is 11.9 Å². The van der Waals surface area contributed by atoms with Crippen LogP contribution in [0.5, 0.6) is 5.75 Å². The van der Waals surface area contributed by atoms with E-state index < -0.39 is 64.6 Å². The number of carbonyl (C=O) groups is 2. The van der Waals surface area contributed by atoms with Crippen molar-refractivity contribution in [3.05, 3.63) is 40.7 Å². The van der Waals surface area contributed by atoms with Crippen molar-refractivity contribution in [1.82, 2.24) is 0 Å². The number of allylic oxidation sites excluding steroid dienone is 1. The summed E-state index contributed by atoms with van der Waals surface area (Å²) in [5, 5.41) is 17.8. The first-order valence-corrected chi connectivity index (χ1v) is 7.25. The molecule has 0 heterocycles. The Hall–Kier alpha value is -3.07. The lowest BCUT2D eigenvalue weighted by Gasteiger charge is -2.32. The van der Waals surface area contributed by atoms with Crippen LogP contribution in [0.15, 0.2) is 24.0 Å². The first-order valence-electron chi connectivity index (χ1n) is 7.25. The van der Waals surface area contributed by atoms with Crippen LogP contribution in [0.25, 0.3) is 0 Å². The molecule has 0 saturated heterocycles. The number of aromatic carboxylic acids is 2. The maximum absolute atomic E-state index is 13.7. The first-order chi connectivity index (χ1) is 13.7. The van der Waals surface area contributed by atoms with Gasteiger partial charge in [-0.2, -0.15) is 48.3 Å². The second kappa shape index (κ2) is 7.88. The minimum Gasteiger partial charge on any atom is -0.478 e. The lowest BCUT2D eigenvalue weighted by molar-refractivity contribution is -0.392. The van der Waals surface area contributed by atoms with Crippen LogP contribution in [0.3, 0.4) is 0 Å². The summed E-state index contributed by atoms with van der Waals surface area (Å²) >= 11 is 0. The van der Waals surface area contributed by atoms with Crippen LogP contribution in [0.1, 0.15) is 26.3 Å². The number of ether oxygens (including phenoxy) is 1. The van der Waals surface area contributed by atoms with Crippen molar-refractivity contribution in [3.8, 4) is 5.75 Å². The normalized spacial score (nSPS) is 14.2. The molecule has 0 aliphatic rings. The molecule has 31 heavy (non-hydrogen) atoms. The number of halogens is 11. The molecule has 0 aromatic heterocycles. The fourth-order valence-electron chi connectivity index (χ4n) is 1.95. The Balaban J connectivity index is 3.59. The zero-order valence-corrected chi connectivity index (χ0v) is 14.4. The van der Waals surface area contributed by atoms with Gasteiger partial charge in [0.15, 0.2) is 0 Å². The van der Waals surface area contributed by atoms with Crippen molar-refractivity contribution in [2.24, 2.45) is 0 Å². The third-order valence-electron chi connectivity index (χ3n) is 3.58. The molecule has 0 saturated carbocycles. The fourth-order valence-corrected chi connectivity index (χ4v) is 1.95. The number of alkyl halides is 9. The Morgan fingerprint density at radius 2 is 1.26 bits per heavy atom. The zero-order valence-electron chi connectivity index (χ0n) is 14.4. The van der Waals surface area contributed by atoms with E-state index in [0.717, 1.165) is 6.92 Å². The molecule has 0 fully saturated rings. The summed E-state index contributed by atoms with van der Waals surface area (Å²) in [6.45, 7) is 1.00. The minimum atomic E-state index is -7.56. The van der Waals surface area contributed by atoms with Gasteiger partial charge in [-0.05, 0) is 24.6 Å². The predicted octanol–water partition coefficient (Wildman–Crippen LogP) is 5.35. The molecule has 0 radical (unpaired) electrons. The van der Waals surface area contributed by atoms with Gasteiger partial charge in [0.1, 0.15) is 11.3 Å². The van der Waals surface area contributed by atoms with Crippen LogP contribution in [-0.4, -0.2) is 46.1 Å². The van der Waals surface area contributed by atoms with Crippen molar-refractivity contribution in [1.29, 1.82) is 0 Å². The van der Waals surface area contributed by atoms with E-state index in [1.807, 2.05) is 0 Å². The summed E-state index contributed by atoms with van der Waals surface area (Å²) in [6, 6.07) is -2.93. The number of hydrogen-bond donors (Lipinski definition) is 2. The van der Waals surface area contributed by atoms with Gasteiger partial charge in [0.2, 0.25) is 5.83 Å². The third-order valence-corrected chi connectivity index (χ3v) is 3.58. The summed E-state index contributed by atoms with van der Waals surface area (Å²) in [7, 11) is 0. The lowest BCUT2D eigenvalue weighted by atomic mass is 10.0. The number of rotatable bonds is 7. The Morgan fingerprint density at radius 1 is 0.806 bits per heavy atom. The van der Waals surface area contributed by atoms with Crippen molar-refractivity contribution in [2.75, 3.05) is 0 Å². The summed E-state index contributed by atoms with van der Waals surface area (Å²) in [5.41, 5.74) is -2.42. The van der Waals surface area contributed by atoms with E-state index in [1.54, 1.807) is 0 Å². The van der Waals surface area contributed by atoms with E-state index in [9.17, 15) is 57.9 Å². The Bertz CT molecular complexity index is 934. The average molecular weight is 476 g/mol. The maximum atomic E-state index is 13.7. The highest BCUT2D eigenvalue weighted by molar-refractivity contribution is 5.95. The van der Waals surface area contributed by atoms with Gasteiger partial charge in [-0.3, -0.25) is 0 Å². The highest BCUT2D eigenvalue weighted by Gasteiger charge is 2.83. The predicted molar refractivity (Wildman–Crippen MR) is 75.9 cm³/mol. The van der Waals surface area contributed by atoms with Gasteiger partial charge in [0.25, 0.3) is 0 Å². The van der Waals surface area contributed by atoms with Crippen LogP contribution in [-0.2, 0) is 0 Å². The molecule has 5 nitrogen and oxygen atoms in total. The van der Waals surface area contributed by atoms with Crippen molar-refractivity contribution in [2.45, 2.75) is 30.9 Å². The Morgan fingerprint density at radius 3 is 1.65 bits per heavy atom. The molecule has 174 valence electrons. The van der Waals surface area contributed by atoms with E-state index in [2.05, 4.69) is 4.74 Å². The third kappa shape index (κ3) is 4.36. The van der Waals surface area contributed by atoms with Gasteiger partial charge >= 0.3 is 41.9 Å². The summed E-state index contributed by atoms with van der Waals surface area (Å²) in [5.74, 6) is -31.9. The zero-order chi connectivity index (χ0) is 24.7. The highest BCUT2D eigenvalue weighted by atomic mass is 19.4. The van der Waals surface area contributed by atoms with Gasteiger partial charge < -0.3 is 14.9 Å². The van der Waals surface area contributed by atoms with Gasteiger partial charge in [-0.15, -0.1) is 0 Å². The fraction of sp³-hybridized carbons (Fsp3) is 0.333. The molecule has 1 aromatic carbocycles. The number of hydrogen-bond acceptors (Lipinski definition) is 3. The molecule has 0 amide bonds. The van der Waals surface area contributed by atoms with E-state index in [4.69, 9.17) is 10.2 Å². The molecule has 0 aliphatic heterocycles. The smallest absolute Gasteiger partial charge is 0.460 e. The Kier molecular flexibility index (Phi) is 6.60. The van der Waals surface area contributed by atoms with Crippen LogP contribution in [0, 0.1) is 6.92 Å². The number of carboxylic acid groups (broad SMARTS) is 2. The van der Waals surface area contributed by atoms with Gasteiger partial charge in [-0.1, -0.05) is 0 Å². The molecule has 0 spiro atoms. The van der Waals surface area contributed by atoms with Gasteiger partial charge in [0.05, 0.1) is 5.56 Å². The second-order valence-electron chi connectivity index (χ2n) is 5.68. The van der Waals surface area contributed by atoms with Crippen LogP contribution >= 0.6 is 0 Å².